The number of nitrogens with one attached hydrogen (secondary N) is 2. The van der Waals surface area contributed by atoms with E-state index in [-0.39, 0.29) is 5.56 Å². The number of aromatic nitrogens is 2. The van der Waals surface area contributed by atoms with Crippen LogP contribution in [0.2, 0.25) is 0 Å². The van der Waals surface area contributed by atoms with Crippen LogP contribution in [0.5, 0.6) is 0 Å². The number of rotatable bonds is 3. The Bertz CT molecular complexity index is 570. The number of nitrogens with zero attached hydrogens (tertiary/aromatic N) is 2. The van der Waals surface area contributed by atoms with Gasteiger partial charge in [0.25, 0.3) is 0 Å². The molecule has 1 aromatic heterocycles. The van der Waals surface area contributed by atoms with E-state index in [2.05, 4.69) is 20.2 Å². The molecule has 0 spiro atoms. The van der Waals surface area contributed by atoms with E-state index in [0.29, 0.717) is 12.2 Å². The van der Waals surface area contributed by atoms with Crippen molar-refractivity contribution >= 4 is 0 Å². The molecule has 0 aliphatic carbocycles. The number of halogens is 2. The Hall–Kier alpha value is -1.79. The van der Waals surface area contributed by atoms with Crippen molar-refractivity contribution in [2.24, 2.45) is 0 Å². The fourth-order valence-corrected chi connectivity index (χ4v) is 2.41. The van der Waals surface area contributed by atoms with Crippen LogP contribution in [0, 0.1) is 11.6 Å². The number of hydrogen-bond donors (Lipinski definition) is 2. The molecule has 2 aromatic rings. The zero-order chi connectivity index (χ0) is 13.9. The number of hydrogen-bond acceptors (Lipinski definition) is 3. The molecule has 0 atom stereocenters. The molecular formula is C14H16F2N4. The Morgan fingerprint density at radius 1 is 1.15 bits per heavy atom. The largest absolute Gasteiger partial charge is 0.341 e. The lowest BCUT2D eigenvalue weighted by Crippen LogP contribution is -2.43. The predicted octanol–water partition coefficient (Wildman–Crippen LogP) is 1.76. The van der Waals surface area contributed by atoms with Gasteiger partial charge in [-0.05, 0) is 12.1 Å². The zero-order valence-corrected chi connectivity index (χ0v) is 11.0. The molecule has 0 bridgehead atoms. The Morgan fingerprint density at radius 3 is 2.55 bits per heavy atom. The summed E-state index contributed by atoms with van der Waals surface area (Å²) in [7, 11) is 0. The van der Waals surface area contributed by atoms with Gasteiger partial charge in [0.2, 0.25) is 0 Å². The summed E-state index contributed by atoms with van der Waals surface area (Å²) < 4.78 is 27.4. The van der Waals surface area contributed by atoms with Crippen LogP contribution in [0.3, 0.4) is 0 Å². The summed E-state index contributed by atoms with van der Waals surface area (Å²) in [5, 5.41) is 3.28. The summed E-state index contributed by atoms with van der Waals surface area (Å²) in [6.07, 6.45) is 1.49. The first-order valence-electron chi connectivity index (χ1n) is 6.65. The van der Waals surface area contributed by atoms with E-state index in [1.165, 1.54) is 24.4 Å². The third-order valence-electron chi connectivity index (χ3n) is 3.44. The van der Waals surface area contributed by atoms with Crippen molar-refractivity contribution in [2.45, 2.75) is 6.54 Å². The summed E-state index contributed by atoms with van der Waals surface area (Å²) in [6, 6.07) is 3.84. The third-order valence-corrected chi connectivity index (χ3v) is 3.44. The van der Waals surface area contributed by atoms with Crippen molar-refractivity contribution < 1.29 is 8.78 Å². The lowest BCUT2D eigenvalue weighted by molar-refractivity contribution is 0.228. The quantitative estimate of drug-likeness (QED) is 0.899. The van der Waals surface area contributed by atoms with Crippen LogP contribution in [0.15, 0.2) is 24.4 Å². The van der Waals surface area contributed by atoms with E-state index in [9.17, 15) is 8.78 Å². The SMILES string of the molecule is Fc1cccc(F)c1-c1cnc(CN2CCNCC2)[nH]1. The van der Waals surface area contributed by atoms with E-state index in [1.54, 1.807) is 0 Å². The lowest BCUT2D eigenvalue weighted by atomic mass is 10.1. The normalized spacial score (nSPS) is 16.5. The fourth-order valence-electron chi connectivity index (χ4n) is 2.41. The van der Waals surface area contributed by atoms with Crippen LogP contribution in [-0.4, -0.2) is 41.0 Å². The van der Waals surface area contributed by atoms with Crippen molar-refractivity contribution in [2.75, 3.05) is 26.2 Å². The van der Waals surface area contributed by atoms with Crippen molar-refractivity contribution in [1.82, 2.24) is 20.2 Å². The molecule has 20 heavy (non-hydrogen) atoms. The minimum absolute atomic E-state index is 0.0495. The van der Waals surface area contributed by atoms with Crippen LogP contribution in [0.1, 0.15) is 5.82 Å². The van der Waals surface area contributed by atoms with Gasteiger partial charge in [-0.1, -0.05) is 6.07 Å². The molecule has 2 N–H and O–H groups in total. The van der Waals surface area contributed by atoms with Crippen LogP contribution in [0.25, 0.3) is 11.3 Å². The molecule has 3 rings (SSSR count). The monoisotopic (exact) mass is 278 g/mol. The molecule has 1 aliphatic rings. The molecule has 4 nitrogen and oxygen atoms in total. The molecule has 0 amide bonds. The molecule has 1 aromatic carbocycles. The molecule has 0 unspecified atom stereocenters. The highest BCUT2D eigenvalue weighted by Gasteiger charge is 2.15. The van der Waals surface area contributed by atoms with Gasteiger partial charge < -0.3 is 10.3 Å². The van der Waals surface area contributed by atoms with E-state index in [0.717, 1.165) is 32.0 Å². The standard InChI is InChI=1S/C14H16F2N4/c15-10-2-1-3-11(16)14(10)12-8-18-13(19-12)9-20-6-4-17-5-7-20/h1-3,8,17H,4-7,9H2,(H,18,19). The van der Waals surface area contributed by atoms with Crippen LogP contribution in [0.4, 0.5) is 8.78 Å². The number of benzene rings is 1. The van der Waals surface area contributed by atoms with E-state index in [4.69, 9.17) is 0 Å². The average molecular weight is 278 g/mol. The maximum absolute atomic E-state index is 13.7. The maximum Gasteiger partial charge on any atom is 0.135 e. The average Bonchev–Trinajstić information content (AvgIpc) is 2.88. The van der Waals surface area contributed by atoms with Crippen molar-refractivity contribution in [3.63, 3.8) is 0 Å². The minimum Gasteiger partial charge on any atom is -0.341 e. The smallest absolute Gasteiger partial charge is 0.135 e. The van der Waals surface area contributed by atoms with Gasteiger partial charge in [0.15, 0.2) is 0 Å². The summed E-state index contributed by atoms with van der Waals surface area (Å²) in [5.41, 5.74) is 0.331. The maximum atomic E-state index is 13.7. The first-order valence-corrected chi connectivity index (χ1v) is 6.65. The highest BCUT2D eigenvalue weighted by atomic mass is 19.1. The Balaban J connectivity index is 1.79. The Labute approximate surface area is 115 Å². The number of aromatic amines is 1. The van der Waals surface area contributed by atoms with Crippen LogP contribution >= 0.6 is 0 Å². The van der Waals surface area contributed by atoms with Crippen molar-refractivity contribution in [3.8, 4) is 11.3 Å². The third kappa shape index (κ3) is 2.71. The molecule has 2 heterocycles. The van der Waals surface area contributed by atoms with Crippen LogP contribution < -0.4 is 5.32 Å². The molecule has 1 saturated heterocycles. The molecule has 1 fully saturated rings. The fraction of sp³-hybridized carbons (Fsp3) is 0.357. The van der Waals surface area contributed by atoms with Crippen LogP contribution in [-0.2, 0) is 6.54 Å². The summed E-state index contributed by atoms with van der Waals surface area (Å²) >= 11 is 0. The second kappa shape index (κ2) is 5.68. The summed E-state index contributed by atoms with van der Waals surface area (Å²) in [5.74, 6) is -0.436. The van der Waals surface area contributed by atoms with Gasteiger partial charge in [-0.25, -0.2) is 13.8 Å². The molecule has 0 radical (unpaired) electrons. The van der Waals surface area contributed by atoms with Gasteiger partial charge in [0, 0.05) is 26.2 Å². The molecular weight excluding hydrogens is 262 g/mol. The van der Waals surface area contributed by atoms with Gasteiger partial charge in [-0.15, -0.1) is 0 Å². The first-order chi connectivity index (χ1) is 9.74. The number of H-pyrrole nitrogens is 1. The van der Waals surface area contributed by atoms with Gasteiger partial charge in [0.05, 0.1) is 24.0 Å². The molecule has 0 saturated carbocycles. The summed E-state index contributed by atoms with van der Waals surface area (Å²) in [4.78, 5) is 9.47. The number of imidazole rings is 1. The highest BCUT2D eigenvalue weighted by Crippen LogP contribution is 2.24. The lowest BCUT2D eigenvalue weighted by Gasteiger charge is -2.26. The van der Waals surface area contributed by atoms with Crippen molar-refractivity contribution in [1.29, 1.82) is 0 Å². The minimum atomic E-state index is -0.581. The van der Waals surface area contributed by atoms with Crippen molar-refractivity contribution in [3.05, 3.63) is 41.9 Å². The van der Waals surface area contributed by atoms with Gasteiger partial charge in [-0.2, -0.15) is 0 Å². The Kier molecular flexibility index (Phi) is 3.75. The second-order valence-corrected chi connectivity index (χ2v) is 4.87. The summed E-state index contributed by atoms with van der Waals surface area (Å²) in [6.45, 7) is 4.47. The number of piperazine rings is 1. The Morgan fingerprint density at radius 2 is 1.85 bits per heavy atom. The van der Waals surface area contributed by atoms with Gasteiger partial charge in [-0.3, -0.25) is 4.90 Å². The van der Waals surface area contributed by atoms with E-state index >= 15 is 0 Å². The van der Waals surface area contributed by atoms with E-state index < -0.39 is 11.6 Å². The second-order valence-electron chi connectivity index (χ2n) is 4.87. The van der Waals surface area contributed by atoms with Gasteiger partial charge >= 0.3 is 0 Å². The topological polar surface area (TPSA) is 44.0 Å². The zero-order valence-electron chi connectivity index (χ0n) is 11.0. The molecule has 106 valence electrons. The van der Waals surface area contributed by atoms with Gasteiger partial charge in [0.1, 0.15) is 17.5 Å². The molecule has 6 heteroatoms. The first kappa shape index (κ1) is 13.2. The highest BCUT2D eigenvalue weighted by molar-refractivity contribution is 5.60. The molecule has 1 aliphatic heterocycles. The predicted molar refractivity (Wildman–Crippen MR) is 72.1 cm³/mol. The van der Waals surface area contributed by atoms with E-state index in [1.807, 2.05) is 0 Å².